The van der Waals surface area contributed by atoms with Crippen LogP contribution in [0.2, 0.25) is 0 Å². The fraction of sp³-hybridized carbons (Fsp3) is 0.167. The monoisotopic (exact) mass is 225 g/mol. The number of nitrogens with two attached hydrogens (primary N) is 1. The van der Waals surface area contributed by atoms with Crippen LogP contribution in [0.1, 0.15) is 17.0 Å². The Morgan fingerprint density at radius 3 is 2.35 bits per heavy atom. The van der Waals surface area contributed by atoms with Gasteiger partial charge in [0.2, 0.25) is 0 Å². The largest absolute Gasteiger partial charge is 0.382 e. The highest BCUT2D eigenvalue weighted by Gasteiger charge is 2.07. The molecule has 0 unspecified atom stereocenters. The van der Waals surface area contributed by atoms with Crippen molar-refractivity contribution in [3.8, 4) is 17.5 Å². The molecule has 0 saturated carbocycles. The van der Waals surface area contributed by atoms with E-state index in [0.717, 1.165) is 17.0 Å². The summed E-state index contributed by atoms with van der Waals surface area (Å²) in [5.74, 6) is 0.708. The van der Waals surface area contributed by atoms with Crippen LogP contribution >= 0.6 is 0 Å². The number of hydrogen-bond donors (Lipinski definition) is 1. The van der Waals surface area contributed by atoms with Crippen molar-refractivity contribution in [3.63, 3.8) is 0 Å². The van der Waals surface area contributed by atoms with E-state index in [0.29, 0.717) is 5.82 Å². The number of nitriles is 1. The van der Waals surface area contributed by atoms with Gasteiger partial charge in [0.25, 0.3) is 0 Å². The molecule has 17 heavy (non-hydrogen) atoms. The van der Waals surface area contributed by atoms with Crippen molar-refractivity contribution in [1.82, 2.24) is 15.0 Å². The molecule has 5 nitrogen and oxygen atoms in total. The van der Waals surface area contributed by atoms with E-state index in [4.69, 9.17) is 11.0 Å². The van der Waals surface area contributed by atoms with Crippen LogP contribution < -0.4 is 5.73 Å². The first-order valence-electron chi connectivity index (χ1n) is 5.08. The number of aryl methyl sites for hydroxylation is 2. The van der Waals surface area contributed by atoms with Crippen LogP contribution in [0.3, 0.4) is 0 Å². The molecule has 0 aromatic carbocycles. The zero-order chi connectivity index (χ0) is 12.4. The van der Waals surface area contributed by atoms with Crippen molar-refractivity contribution in [2.75, 3.05) is 5.73 Å². The van der Waals surface area contributed by atoms with Crippen LogP contribution in [0.25, 0.3) is 11.4 Å². The van der Waals surface area contributed by atoms with Gasteiger partial charge in [-0.05, 0) is 26.0 Å². The summed E-state index contributed by atoms with van der Waals surface area (Å²) in [7, 11) is 0. The third kappa shape index (κ3) is 2.21. The maximum atomic E-state index is 8.75. The predicted molar refractivity (Wildman–Crippen MR) is 63.9 cm³/mol. The highest BCUT2D eigenvalue weighted by Crippen LogP contribution is 2.18. The van der Waals surface area contributed by atoms with Crippen LogP contribution in [-0.2, 0) is 0 Å². The van der Waals surface area contributed by atoms with E-state index in [-0.39, 0.29) is 11.4 Å². The molecule has 2 aromatic heterocycles. The molecule has 5 heteroatoms. The summed E-state index contributed by atoms with van der Waals surface area (Å²) >= 11 is 0. The molecular formula is C12H11N5. The zero-order valence-electron chi connectivity index (χ0n) is 9.60. The molecule has 0 atom stereocenters. The summed E-state index contributed by atoms with van der Waals surface area (Å²) in [5.41, 5.74) is 8.59. The first-order valence-corrected chi connectivity index (χ1v) is 5.08. The number of nitrogens with zero attached hydrogens (tertiary/aromatic N) is 4. The van der Waals surface area contributed by atoms with Gasteiger partial charge >= 0.3 is 0 Å². The van der Waals surface area contributed by atoms with Gasteiger partial charge in [0, 0.05) is 17.0 Å². The molecule has 2 N–H and O–H groups in total. The van der Waals surface area contributed by atoms with Gasteiger partial charge in [-0.1, -0.05) is 0 Å². The molecule has 2 aromatic rings. The van der Waals surface area contributed by atoms with E-state index in [9.17, 15) is 0 Å². The number of pyridine rings is 1. The molecule has 0 spiro atoms. The lowest BCUT2D eigenvalue weighted by Crippen LogP contribution is -1.99. The first kappa shape index (κ1) is 11.0. The Balaban J connectivity index is 2.54. The van der Waals surface area contributed by atoms with Crippen LogP contribution in [0.15, 0.2) is 18.3 Å². The Labute approximate surface area is 99.0 Å². The van der Waals surface area contributed by atoms with Gasteiger partial charge < -0.3 is 5.73 Å². The second-order valence-electron chi connectivity index (χ2n) is 3.74. The number of aromatic nitrogens is 3. The molecule has 2 heterocycles. The minimum absolute atomic E-state index is 0.199. The second kappa shape index (κ2) is 4.18. The van der Waals surface area contributed by atoms with Gasteiger partial charge in [0.1, 0.15) is 17.5 Å². The molecule has 0 bridgehead atoms. The van der Waals surface area contributed by atoms with Crippen LogP contribution in [-0.4, -0.2) is 15.0 Å². The van der Waals surface area contributed by atoms with Gasteiger partial charge in [-0.25, -0.2) is 9.97 Å². The number of nitrogen functional groups attached to an aromatic ring is 1. The summed E-state index contributed by atoms with van der Waals surface area (Å²) in [6.45, 7) is 3.81. The molecular weight excluding hydrogens is 214 g/mol. The topological polar surface area (TPSA) is 88.5 Å². The first-order chi connectivity index (χ1) is 8.10. The molecule has 0 fully saturated rings. The quantitative estimate of drug-likeness (QED) is 0.796. The zero-order valence-corrected chi connectivity index (χ0v) is 9.60. The lowest BCUT2D eigenvalue weighted by atomic mass is 10.2. The van der Waals surface area contributed by atoms with Crippen molar-refractivity contribution in [2.24, 2.45) is 0 Å². The third-order valence-corrected chi connectivity index (χ3v) is 2.28. The number of hydrogen-bond acceptors (Lipinski definition) is 5. The summed E-state index contributed by atoms with van der Waals surface area (Å²) in [6, 6.07) is 5.70. The average molecular weight is 225 g/mol. The number of anilines is 1. The molecule has 2 rings (SSSR count). The minimum atomic E-state index is 0.199. The van der Waals surface area contributed by atoms with Gasteiger partial charge in [0.05, 0.1) is 6.20 Å². The van der Waals surface area contributed by atoms with E-state index in [1.165, 1.54) is 6.20 Å². The lowest BCUT2D eigenvalue weighted by molar-refractivity contribution is 1.10. The standard InChI is InChI=1S/C12H11N5/c1-7-3-9(4-8(2)16-7)12-15-6-10(5-13)11(14)17-12/h3-4,6H,1-2H3,(H2,14,15,17). The van der Waals surface area contributed by atoms with Crippen LogP contribution in [0.5, 0.6) is 0 Å². The van der Waals surface area contributed by atoms with Crippen molar-refractivity contribution < 1.29 is 0 Å². The van der Waals surface area contributed by atoms with Crippen LogP contribution in [0, 0.1) is 25.2 Å². The average Bonchev–Trinajstić information content (AvgIpc) is 2.27. The minimum Gasteiger partial charge on any atom is -0.382 e. The van der Waals surface area contributed by atoms with Gasteiger partial charge in [0.15, 0.2) is 5.82 Å². The maximum Gasteiger partial charge on any atom is 0.161 e. The number of rotatable bonds is 1. The molecule has 84 valence electrons. The van der Waals surface area contributed by atoms with Crippen molar-refractivity contribution in [2.45, 2.75) is 13.8 Å². The summed E-state index contributed by atoms with van der Waals surface area (Å²) in [6.07, 6.45) is 1.43. The Morgan fingerprint density at radius 1 is 1.18 bits per heavy atom. The molecule has 0 aliphatic rings. The van der Waals surface area contributed by atoms with Gasteiger partial charge in [-0.15, -0.1) is 0 Å². The summed E-state index contributed by atoms with van der Waals surface area (Å²) < 4.78 is 0. The van der Waals surface area contributed by atoms with Gasteiger partial charge in [-0.2, -0.15) is 5.26 Å². The highest BCUT2D eigenvalue weighted by atomic mass is 14.9. The Bertz CT molecular complexity index is 593. The van der Waals surface area contributed by atoms with Gasteiger partial charge in [-0.3, -0.25) is 4.98 Å². The Kier molecular flexibility index (Phi) is 2.71. The van der Waals surface area contributed by atoms with Crippen molar-refractivity contribution in [3.05, 3.63) is 35.3 Å². The molecule has 0 saturated heterocycles. The van der Waals surface area contributed by atoms with E-state index in [1.54, 1.807) is 0 Å². The smallest absolute Gasteiger partial charge is 0.161 e. The second-order valence-corrected chi connectivity index (χ2v) is 3.74. The van der Waals surface area contributed by atoms with E-state index >= 15 is 0 Å². The van der Waals surface area contributed by atoms with Crippen molar-refractivity contribution >= 4 is 5.82 Å². The molecule has 0 radical (unpaired) electrons. The Hall–Kier alpha value is -2.48. The molecule has 0 aliphatic carbocycles. The Morgan fingerprint density at radius 2 is 1.82 bits per heavy atom. The molecule has 0 aliphatic heterocycles. The fourth-order valence-corrected chi connectivity index (χ4v) is 1.58. The fourth-order valence-electron chi connectivity index (χ4n) is 1.58. The van der Waals surface area contributed by atoms with Crippen LogP contribution in [0.4, 0.5) is 5.82 Å². The lowest BCUT2D eigenvalue weighted by Gasteiger charge is -2.04. The van der Waals surface area contributed by atoms with E-state index in [1.807, 2.05) is 32.0 Å². The summed E-state index contributed by atoms with van der Waals surface area (Å²) in [4.78, 5) is 12.5. The SMILES string of the molecule is Cc1cc(-c2ncc(C#N)c(N)n2)cc(C)n1. The highest BCUT2D eigenvalue weighted by molar-refractivity contribution is 5.59. The van der Waals surface area contributed by atoms with E-state index < -0.39 is 0 Å². The van der Waals surface area contributed by atoms with Crippen molar-refractivity contribution in [1.29, 1.82) is 5.26 Å². The molecule has 0 amide bonds. The maximum absolute atomic E-state index is 8.75. The van der Waals surface area contributed by atoms with E-state index in [2.05, 4.69) is 15.0 Å². The third-order valence-electron chi connectivity index (χ3n) is 2.28. The predicted octanol–water partition coefficient (Wildman–Crippen LogP) is 1.61. The summed E-state index contributed by atoms with van der Waals surface area (Å²) in [5, 5.41) is 8.75. The normalized spacial score (nSPS) is 9.94.